The number of halogens is 4. The molecule has 1 rings (SSSR count). The van der Waals surface area contributed by atoms with E-state index in [2.05, 4.69) is 20.9 Å². The third-order valence-electron chi connectivity index (χ3n) is 1.43. The maximum Gasteiger partial charge on any atom is 0.265 e. The van der Waals surface area contributed by atoms with Gasteiger partial charge in [0.1, 0.15) is 4.60 Å². The van der Waals surface area contributed by atoms with E-state index in [4.69, 9.17) is 5.11 Å². The van der Waals surface area contributed by atoms with Crippen LogP contribution < -0.4 is 0 Å². The van der Waals surface area contributed by atoms with Gasteiger partial charge < -0.3 is 5.11 Å². The number of hydrogen-bond donors (Lipinski definition) is 1. The Hall–Kier alpha value is -0.620. The van der Waals surface area contributed by atoms with Crippen molar-refractivity contribution in [3.63, 3.8) is 0 Å². The van der Waals surface area contributed by atoms with Crippen LogP contribution in [0.4, 0.5) is 13.2 Å². The highest BCUT2D eigenvalue weighted by Gasteiger charge is 2.16. The van der Waals surface area contributed by atoms with Crippen LogP contribution in [0.2, 0.25) is 0 Å². The van der Waals surface area contributed by atoms with E-state index in [1.54, 1.807) is 0 Å². The summed E-state index contributed by atoms with van der Waals surface area (Å²) < 4.78 is 36.9. The molecule has 1 aromatic heterocycles. The Morgan fingerprint density at radius 2 is 2.15 bits per heavy atom. The van der Waals surface area contributed by atoms with E-state index in [1.807, 2.05) is 0 Å². The molecule has 6 heteroatoms. The van der Waals surface area contributed by atoms with Gasteiger partial charge in [0.2, 0.25) is 0 Å². The van der Waals surface area contributed by atoms with Crippen LogP contribution in [0.5, 0.6) is 0 Å². The summed E-state index contributed by atoms with van der Waals surface area (Å²) in [4.78, 5) is 3.42. The van der Waals surface area contributed by atoms with Crippen molar-refractivity contribution < 1.29 is 18.3 Å². The van der Waals surface area contributed by atoms with Gasteiger partial charge in [-0.25, -0.2) is 18.2 Å². The highest BCUT2D eigenvalue weighted by molar-refractivity contribution is 9.10. The van der Waals surface area contributed by atoms with Crippen molar-refractivity contribution in [2.24, 2.45) is 0 Å². The lowest BCUT2D eigenvalue weighted by Crippen LogP contribution is -2.00. The second kappa shape index (κ2) is 4.06. The molecule has 0 aromatic carbocycles. The van der Waals surface area contributed by atoms with Crippen LogP contribution in [0.3, 0.4) is 0 Å². The second-order valence-corrected chi connectivity index (χ2v) is 3.01. The minimum atomic E-state index is -2.84. The summed E-state index contributed by atoms with van der Waals surface area (Å²) in [6.45, 7) is -0.640. The Labute approximate surface area is 80.5 Å². The van der Waals surface area contributed by atoms with Crippen molar-refractivity contribution in [3.05, 3.63) is 27.7 Å². The number of aliphatic hydroxyl groups excluding tert-OH is 1. The average Bonchev–Trinajstić information content (AvgIpc) is 2.08. The van der Waals surface area contributed by atoms with Crippen molar-refractivity contribution >= 4 is 15.9 Å². The van der Waals surface area contributed by atoms with Crippen LogP contribution in [0.25, 0.3) is 0 Å². The summed E-state index contributed by atoms with van der Waals surface area (Å²) >= 11 is 2.73. The zero-order valence-electron chi connectivity index (χ0n) is 6.27. The van der Waals surface area contributed by atoms with Crippen LogP contribution in [0, 0.1) is 5.82 Å². The molecule has 0 bridgehead atoms. The number of rotatable bonds is 2. The van der Waals surface area contributed by atoms with Crippen molar-refractivity contribution in [1.82, 2.24) is 4.98 Å². The highest BCUT2D eigenvalue weighted by atomic mass is 79.9. The largest absolute Gasteiger partial charge is 0.390 e. The third kappa shape index (κ3) is 2.19. The van der Waals surface area contributed by atoms with Gasteiger partial charge in [0, 0.05) is 5.56 Å². The Morgan fingerprint density at radius 3 is 2.62 bits per heavy atom. The van der Waals surface area contributed by atoms with Crippen LogP contribution in [-0.4, -0.2) is 10.1 Å². The van der Waals surface area contributed by atoms with Gasteiger partial charge in [0.15, 0.2) is 5.82 Å². The summed E-state index contributed by atoms with van der Waals surface area (Å²) in [5.41, 5.74) is -0.800. The molecule has 0 radical (unpaired) electrons. The summed E-state index contributed by atoms with van der Waals surface area (Å²) in [6, 6.07) is 0.660. The summed E-state index contributed by atoms with van der Waals surface area (Å²) in [7, 11) is 0. The second-order valence-electron chi connectivity index (χ2n) is 2.26. The van der Waals surface area contributed by atoms with E-state index in [1.165, 1.54) is 0 Å². The van der Waals surface area contributed by atoms with Crippen LogP contribution in [0.15, 0.2) is 10.7 Å². The molecule has 2 nitrogen and oxygen atoms in total. The van der Waals surface area contributed by atoms with E-state index in [0.717, 1.165) is 0 Å². The monoisotopic (exact) mass is 255 g/mol. The van der Waals surface area contributed by atoms with E-state index >= 15 is 0 Å². The minimum Gasteiger partial charge on any atom is -0.390 e. The Kier molecular flexibility index (Phi) is 3.27. The van der Waals surface area contributed by atoms with Crippen LogP contribution in [-0.2, 0) is 6.61 Å². The SMILES string of the molecule is OCc1nc(Br)c(F)cc1C(F)F. The smallest absolute Gasteiger partial charge is 0.265 e. The lowest BCUT2D eigenvalue weighted by atomic mass is 10.2. The highest BCUT2D eigenvalue weighted by Crippen LogP contribution is 2.25. The van der Waals surface area contributed by atoms with E-state index < -0.39 is 24.4 Å². The predicted molar refractivity (Wildman–Crippen MR) is 42.8 cm³/mol. The number of nitrogens with zero attached hydrogens (tertiary/aromatic N) is 1. The standard InChI is InChI=1S/C7H5BrF3NO/c8-6-4(9)1-3(7(10)11)5(2-13)12-6/h1,7,13H,2H2. The molecule has 0 fully saturated rings. The zero-order chi connectivity index (χ0) is 10.0. The van der Waals surface area contributed by atoms with E-state index in [0.29, 0.717) is 6.07 Å². The minimum absolute atomic E-state index is 0.180. The van der Waals surface area contributed by atoms with Crippen molar-refractivity contribution in [1.29, 1.82) is 0 Å². The first-order valence-electron chi connectivity index (χ1n) is 3.30. The Morgan fingerprint density at radius 1 is 1.54 bits per heavy atom. The molecule has 1 aromatic rings. The molecule has 0 unspecified atom stereocenters. The number of aliphatic hydroxyl groups is 1. The quantitative estimate of drug-likeness (QED) is 0.824. The molecule has 0 aliphatic rings. The van der Waals surface area contributed by atoms with Gasteiger partial charge in [0.05, 0.1) is 12.3 Å². The molecule has 0 atom stereocenters. The molecular formula is C7H5BrF3NO. The number of pyridine rings is 1. The molecular weight excluding hydrogens is 251 g/mol. The van der Waals surface area contributed by atoms with E-state index in [9.17, 15) is 13.2 Å². The van der Waals surface area contributed by atoms with Crippen molar-refractivity contribution in [3.8, 4) is 0 Å². The fourth-order valence-corrected chi connectivity index (χ4v) is 1.16. The average molecular weight is 256 g/mol. The van der Waals surface area contributed by atoms with Crippen molar-refractivity contribution in [2.75, 3.05) is 0 Å². The van der Waals surface area contributed by atoms with Crippen molar-refractivity contribution in [2.45, 2.75) is 13.0 Å². The van der Waals surface area contributed by atoms with Gasteiger partial charge >= 0.3 is 0 Å². The number of aromatic nitrogens is 1. The Bertz CT molecular complexity index is 319. The molecule has 13 heavy (non-hydrogen) atoms. The summed E-state index contributed by atoms with van der Waals surface area (Å²) in [5.74, 6) is -0.868. The molecule has 72 valence electrons. The molecule has 1 N–H and O–H groups in total. The molecule has 0 saturated heterocycles. The molecule has 1 heterocycles. The first-order chi connectivity index (χ1) is 6.06. The van der Waals surface area contributed by atoms with Crippen LogP contribution >= 0.6 is 15.9 Å². The Balaban J connectivity index is 3.25. The van der Waals surface area contributed by atoms with Gasteiger partial charge in [-0.2, -0.15) is 0 Å². The molecule has 0 aliphatic heterocycles. The fourth-order valence-electron chi connectivity index (χ4n) is 0.831. The molecule has 0 amide bonds. The van der Waals surface area contributed by atoms with Gasteiger partial charge in [-0.1, -0.05) is 0 Å². The lowest BCUT2D eigenvalue weighted by Gasteiger charge is -2.06. The van der Waals surface area contributed by atoms with Gasteiger partial charge in [-0.15, -0.1) is 0 Å². The van der Waals surface area contributed by atoms with E-state index in [-0.39, 0.29) is 10.3 Å². The van der Waals surface area contributed by atoms with Gasteiger partial charge in [0.25, 0.3) is 6.43 Å². The molecule has 0 saturated carbocycles. The first-order valence-corrected chi connectivity index (χ1v) is 4.09. The predicted octanol–water partition coefficient (Wildman–Crippen LogP) is 2.41. The lowest BCUT2D eigenvalue weighted by molar-refractivity contribution is 0.145. The zero-order valence-corrected chi connectivity index (χ0v) is 7.85. The summed E-state index contributed by atoms with van der Waals surface area (Å²) in [6.07, 6.45) is -2.84. The number of alkyl halides is 2. The third-order valence-corrected chi connectivity index (χ3v) is 1.99. The fraction of sp³-hybridized carbons (Fsp3) is 0.286. The summed E-state index contributed by atoms with van der Waals surface area (Å²) in [5, 5.41) is 8.64. The normalized spacial score (nSPS) is 10.9. The maximum absolute atomic E-state index is 12.7. The first kappa shape index (κ1) is 10.5. The van der Waals surface area contributed by atoms with Gasteiger partial charge in [-0.3, -0.25) is 0 Å². The topological polar surface area (TPSA) is 33.1 Å². The van der Waals surface area contributed by atoms with Crippen LogP contribution in [0.1, 0.15) is 17.7 Å². The molecule has 0 spiro atoms. The molecule has 0 aliphatic carbocycles. The van der Waals surface area contributed by atoms with Gasteiger partial charge in [-0.05, 0) is 22.0 Å². The number of hydrogen-bond acceptors (Lipinski definition) is 2. The maximum atomic E-state index is 12.7.